The van der Waals surface area contributed by atoms with E-state index < -0.39 is 12.1 Å². The molecule has 0 bridgehead atoms. The summed E-state index contributed by atoms with van der Waals surface area (Å²) >= 11 is 0. The Morgan fingerprint density at radius 1 is 1.40 bits per heavy atom. The van der Waals surface area contributed by atoms with Gasteiger partial charge in [-0.05, 0) is 24.3 Å². The molecule has 1 aromatic carbocycles. The van der Waals surface area contributed by atoms with Crippen LogP contribution in [0.2, 0.25) is 0 Å². The van der Waals surface area contributed by atoms with Crippen molar-refractivity contribution in [1.82, 2.24) is 4.98 Å². The van der Waals surface area contributed by atoms with Gasteiger partial charge in [-0.3, -0.25) is 0 Å². The number of hydrogen-bond acceptors (Lipinski definition) is 5. The van der Waals surface area contributed by atoms with Crippen molar-refractivity contribution < 1.29 is 19.7 Å². The number of fused-ring (bicyclic) bond motifs is 1. The van der Waals surface area contributed by atoms with Crippen LogP contribution in [0.15, 0.2) is 30.3 Å². The van der Waals surface area contributed by atoms with Crippen LogP contribution in [0, 0.1) is 0 Å². The Bertz CT molecular complexity index is 615. The molecule has 1 atom stereocenters. The van der Waals surface area contributed by atoms with Crippen LogP contribution >= 0.6 is 0 Å². The molecular weight excluding hydrogens is 260 g/mol. The zero-order valence-electron chi connectivity index (χ0n) is 11.0. The van der Waals surface area contributed by atoms with Crippen LogP contribution in [-0.2, 0) is 4.74 Å². The van der Waals surface area contributed by atoms with E-state index in [0.717, 1.165) is 0 Å². The summed E-state index contributed by atoms with van der Waals surface area (Å²) in [4.78, 5) is 15.4. The van der Waals surface area contributed by atoms with Gasteiger partial charge >= 0.3 is 5.97 Å². The van der Waals surface area contributed by atoms with E-state index in [-0.39, 0.29) is 12.2 Å². The molecule has 0 aliphatic heterocycles. The zero-order chi connectivity index (χ0) is 14.5. The molecule has 1 heterocycles. The SMILES string of the molecule is COCC(O)CNc1ccc2c(C(=O)O)cccc2n1. The summed E-state index contributed by atoms with van der Waals surface area (Å²) < 4.78 is 4.83. The number of nitrogens with zero attached hydrogens (tertiary/aromatic N) is 1. The fourth-order valence-corrected chi connectivity index (χ4v) is 1.91. The monoisotopic (exact) mass is 276 g/mol. The third kappa shape index (κ3) is 3.23. The van der Waals surface area contributed by atoms with Crippen molar-refractivity contribution in [1.29, 1.82) is 0 Å². The van der Waals surface area contributed by atoms with Crippen LogP contribution in [0.5, 0.6) is 0 Å². The maximum atomic E-state index is 11.1. The van der Waals surface area contributed by atoms with E-state index in [2.05, 4.69) is 10.3 Å². The van der Waals surface area contributed by atoms with E-state index >= 15 is 0 Å². The van der Waals surface area contributed by atoms with Crippen molar-refractivity contribution >= 4 is 22.7 Å². The lowest BCUT2D eigenvalue weighted by Crippen LogP contribution is -2.24. The van der Waals surface area contributed by atoms with Crippen molar-refractivity contribution in [3.8, 4) is 0 Å². The highest BCUT2D eigenvalue weighted by Gasteiger charge is 2.09. The number of carbonyl (C=O) groups is 1. The Morgan fingerprint density at radius 3 is 2.90 bits per heavy atom. The van der Waals surface area contributed by atoms with Gasteiger partial charge in [-0.2, -0.15) is 0 Å². The summed E-state index contributed by atoms with van der Waals surface area (Å²) in [6.45, 7) is 0.550. The first-order chi connectivity index (χ1) is 9.61. The Balaban J connectivity index is 2.20. The van der Waals surface area contributed by atoms with E-state index in [0.29, 0.717) is 23.3 Å². The second-order valence-corrected chi connectivity index (χ2v) is 4.36. The van der Waals surface area contributed by atoms with Crippen LogP contribution in [0.25, 0.3) is 10.9 Å². The molecular formula is C14H16N2O4. The average molecular weight is 276 g/mol. The topological polar surface area (TPSA) is 91.7 Å². The van der Waals surface area contributed by atoms with Gasteiger partial charge in [0.25, 0.3) is 0 Å². The molecule has 1 unspecified atom stereocenters. The minimum Gasteiger partial charge on any atom is -0.478 e. The Kier molecular flexibility index (Phi) is 4.49. The smallest absolute Gasteiger partial charge is 0.336 e. The largest absolute Gasteiger partial charge is 0.478 e. The minimum absolute atomic E-state index is 0.223. The number of ether oxygens (including phenoxy) is 1. The molecule has 106 valence electrons. The molecule has 0 fully saturated rings. The van der Waals surface area contributed by atoms with E-state index in [1.807, 2.05) is 0 Å². The highest BCUT2D eigenvalue weighted by atomic mass is 16.5. The number of rotatable bonds is 6. The number of aromatic carboxylic acids is 1. The molecule has 1 aromatic heterocycles. The van der Waals surface area contributed by atoms with Gasteiger partial charge < -0.3 is 20.3 Å². The number of pyridine rings is 1. The number of anilines is 1. The van der Waals surface area contributed by atoms with E-state index in [1.165, 1.54) is 7.11 Å². The minimum atomic E-state index is -0.978. The molecule has 2 aromatic rings. The number of hydrogen-bond donors (Lipinski definition) is 3. The van der Waals surface area contributed by atoms with Gasteiger partial charge in [-0.15, -0.1) is 0 Å². The number of methoxy groups -OCH3 is 1. The van der Waals surface area contributed by atoms with Gasteiger partial charge in [0, 0.05) is 19.0 Å². The van der Waals surface area contributed by atoms with E-state index in [4.69, 9.17) is 9.84 Å². The molecule has 0 radical (unpaired) electrons. The van der Waals surface area contributed by atoms with Crippen molar-refractivity contribution in [3.63, 3.8) is 0 Å². The molecule has 0 aliphatic carbocycles. The van der Waals surface area contributed by atoms with Crippen molar-refractivity contribution in [2.75, 3.05) is 25.6 Å². The molecule has 0 amide bonds. The first-order valence-corrected chi connectivity index (χ1v) is 6.15. The summed E-state index contributed by atoms with van der Waals surface area (Å²) in [5.74, 6) is -0.399. The molecule has 20 heavy (non-hydrogen) atoms. The molecule has 0 spiro atoms. The molecule has 6 nitrogen and oxygen atoms in total. The second kappa shape index (κ2) is 6.31. The van der Waals surface area contributed by atoms with Gasteiger partial charge in [-0.25, -0.2) is 9.78 Å². The number of carboxylic acid groups (broad SMARTS) is 1. The van der Waals surface area contributed by atoms with Gasteiger partial charge in [-0.1, -0.05) is 6.07 Å². The lowest BCUT2D eigenvalue weighted by molar-refractivity contribution is 0.0699. The molecule has 2 rings (SSSR count). The van der Waals surface area contributed by atoms with E-state index in [9.17, 15) is 9.90 Å². The molecule has 0 saturated carbocycles. The van der Waals surface area contributed by atoms with Gasteiger partial charge in [0.1, 0.15) is 5.82 Å². The number of aliphatic hydroxyl groups excluding tert-OH is 1. The zero-order valence-corrected chi connectivity index (χ0v) is 11.0. The van der Waals surface area contributed by atoms with Crippen LogP contribution in [0.4, 0.5) is 5.82 Å². The predicted molar refractivity (Wildman–Crippen MR) is 75.1 cm³/mol. The first-order valence-electron chi connectivity index (χ1n) is 6.15. The summed E-state index contributed by atoms with van der Waals surface area (Å²) in [6.07, 6.45) is -0.622. The van der Waals surface area contributed by atoms with Crippen LogP contribution < -0.4 is 5.32 Å². The van der Waals surface area contributed by atoms with E-state index in [1.54, 1.807) is 30.3 Å². The number of aliphatic hydroxyl groups is 1. The number of carboxylic acids is 1. The lowest BCUT2D eigenvalue weighted by Gasteiger charge is -2.12. The molecule has 6 heteroatoms. The standard InChI is InChI=1S/C14H16N2O4/c1-20-8-9(17)7-15-13-6-5-10-11(14(18)19)3-2-4-12(10)16-13/h2-6,9,17H,7-8H2,1H3,(H,15,16)(H,18,19). The van der Waals surface area contributed by atoms with Crippen molar-refractivity contribution in [2.24, 2.45) is 0 Å². The molecule has 0 saturated heterocycles. The maximum absolute atomic E-state index is 11.1. The predicted octanol–water partition coefficient (Wildman–Crippen LogP) is 1.35. The third-order valence-electron chi connectivity index (χ3n) is 2.84. The highest BCUT2D eigenvalue weighted by molar-refractivity contribution is 6.02. The van der Waals surface area contributed by atoms with Gasteiger partial charge in [0.2, 0.25) is 0 Å². The summed E-state index contributed by atoms with van der Waals surface area (Å²) in [7, 11) is 1.52. The van der Waals surface area contributed by atoms with Crippen molar-refractivity contribution in [3.05, 3.63) is 35.9 Å². The van der Waals surface area contributed by atoms with Crippen LogP contribution in [0.3, 0.4) is 0 Å². The maximum Gasteiger partial charge on any atom is 0.336 e. The second-order valence-electron chi connectivity index (χ2n) is 4.36. The lowest BCUT2D eigenvalue weighted by atomic mass is 10.1. The fourth-order valence-electron chi connectivity index (χ4n) is 1.91. The average Bonchev–Trinajstić information content (AvgIpc) is 2.44. The van der Waals surface area contributed by atoms with Gasteiger partial charge in [0.15, 0.2) is 0 Å². The Morgan fingerprint density at radius 2 is 2.20 bits per heavy atom. The normalized spacial score (nSPS) is 12.3. The first kappa shape index (κ1) is 14.2. The molecule has 0 aliphatic rings. The summed E-state index contributed by atoms with van der Waals surface area (Å²) in [5.41, 5.74) is 0.817. The summed E-state index contributed by atoms with van der Waals surface area (Å²) in [5, 5.41) is 22.2. The van der Waals surface area contributed by atoms with Crippen LogP contribution in [-0.4, -0.2) is 47.5 Å². The van der Waals surface area contributed by atoms with Crippen molar-refractivity contribution in [2.45, 2.75) is 6.10 Å². The number of nitrogens with one attached hydrogen (secondary N) is 1. The Labute approximate surface area is 116 Å². The number of benzene rings is 1. The number of aromatic nitrogens is 1. The van der Waals surface area contributed by atoms with Crippen LogP contribution in [0.1, 0.15) is 10.4 Å². The highest BCUT2D eigenvalue weighted by Crippen LogP contribution is 2.19. The summed E-state index contributed by atoms with van der Waals surface area (Å²) in [6, 6.07) is 8.34. The molecule has 3 N–H and O–H groups in total. The quantitative estimate of drug-likeness (QED) is 0.737. The fraction of sp³-hybridized carbons (Fsp3) is 0.286. The third-order valence-corrected chi connectivity index (χ3v) is 2.84. The van der Waals surface area contributed by atoms with Gasteiger partial charge in [0.05, 0.1) is 23.8 Å². The Hall–Kier alpha value is -2.18.